The van der Waals surface area contributed by atoms with Crippen molar-refractivity contribution in [2.45, 2.75) is 40.3 Å². The van der Waals surface area contributed by atoms with Crippen molar-refractivity contribution in [2.75, 3.05) is 0 Å². The lowest BCUT2D eigenvalue weighted by Crippen LogP contribution is -2.21. The topological polar surface area (TPSA) is 12.0 Å². The molecule has 0 atom stereocenters. The monoisotopic (exact) mass is 321 g/mol. The largest absolute Gasteiger partial charge is 0.310 e. The van der Waals surface area contributed by atoms with Crippen molar-refractivity contribution in [1.29, 1.82) is 0 Å². The third-order valence-corrected chi connectivity index (χ3v) is 4.33. The lowest BCUT2D eigenvalue weighted by Gasteiger charge is -2.13. The van der Waals surface area contributed by atoms with E-state index in [1.807, 2.05) is 19.1 Å². The quantitative estimate of drug-likeness (QED) is 0.753. The Bertz CT molecular complexity index is 648. The summed E-state index contributed by atoms with van der Waals surface area (Å²) in [6, 6.07) is 10.8. The zero-order valence-electron chi connectivity index (χ0n) is 12.9. The number of hydrogen-bond acceptors (Lipinski definition) is 1. The van der Waals surface area contributed by atoms with Crippen LogP contribution in [0.2, 0.25) is 10.0 Å². The minimum Gasteiger partial charge on any atom is -0.310 e. The Hall–Kier alpha value is -1.02. The molecular weight excluding hydrogens is 301 g/mol. The van der Waals surface area contributed by atoms with Gasteiger partial charge in [0.25, 0.3) is 0 Å². The molecule has 0 heterocycles. The van der Waals surface area contributed by atoms with Crippen LogP contribution in [0.4, 0.5) is 0 Å². The summed E-state index contributed by atoms with van der Waals surface area (Å²) in [4.78, 5) is 0. The van der Waals surface area contributed by atoms with Crippen LogP contribution < -0.4 is 5.32 Å². The number of hydrogen-bond donors (Lipinski definition) is 1. The zero-order chi connectivity index (χ0) is 15.6. The molecule has 2 rings (SSSR count). The Morgan fingerprint density at radius 1 is 0.952 bits per heavy atom. The fraction of sp³-hybridized carbons (Fsp3) is 0.333. The predicted molar refractivity (Wildman–Crippen MR) is 93.3 cm³/mol. The lowest BCUT2D eigenvalue weighted by atomic mass is 9.97. The fourth-order valence-electron chi connectivity index (χ4n) is 2.26. The summed E-state index contributed by atoms with van der Waals surface area (Å²) in [6.07, 6.45) is 0. The van der Waals surface area contributed by atoms with E-state index < -0.39 is 0 Å². The van der Waals surface area contributed by atoms with E-state index in [0.29, 0.717) is 6.04 Å². The summed E-state index contributed by atoms with van der Waals surface area (Å²) in [7, 11) is 0. The van der Waals surface area contributed by atoms with Gasteiger partial charge >= 0.3 is 0 Å². The smallest absolute Gasteiger partial charge is 0.0457 e. The van der Waals surface area contributed by atoms with Crippen LogP contribution in [-0.2, 0) is 6.54 Å². The summed E-state index contributed by atoms with van der Waals surface area (Å²) in [6.45, 7) is 9.14. The third-order valence-electron chi connectivity index (χ3n) is 3.57. The van der Waals surface area contributed by atoms with Gasteiger partial charge in [-0.15, -0.1) is 0 Å². The van der Waals surface area contributed by atoms with Crippen molar-refractivity contribution in [3.8, 4) is 11.1 Å². The zero-order valence-corrected chi connectivity index (χ0v) is 14.4. The van der Waals surface area contributed by atoms with Gasteiger partial charge in [0.1, 0.15) is 0 Å². The number of benzene rings is 2. The Morgan fingerprint density at radius 2 is 1.67 bits per heavy atom. The summed E-state index contributed by atoms with van der Waals surface area (Å²) in [5.41, 5.74) is 5.68. The van der Waals surface area contributed by atoms with E-state index in [-0.39, 0.29) is 0 Å². The van der Waals surface area contributed by atoms with E-state index in [2.05, 4.69) is 44.3 Å². The molecule has 0 saturated carbocycles. The molecule has 1 nitrogen and oxygen atoms in total. The number of halogens is 2. The molecule has 0 bridgehead atoms. The highest BCUT2D eigenvalue weighted by molar-refractivity contribution is 6.32. The first-order valence-corrected chi connectivity index (χ1v) is 7.93. The SMILES string of the molecule is Cc1cc(-c2ccc(CNC(C)C)c(Cl)c2)c(C)cc1Cl. The number of rotatable bonds is 4. The van der Waals surface area contributed by atoms with Crippen molar-refractivity contribution in [3.05, 3.63) is 57.1 Å². The molecule has 0 aromatic heterocycles. The fourth-order valence-corrected chi connectivity index (χ4v) is 2.73. The summed E-state index contributed by atoms with van der Waals surface area (Å²) >= 11 is 12.6. The van der Waals surface area contributed by atoms with Crippen molar-refractivity contribution >= 4 is 23.2 Å². The minimum atomic E-state index is 0.446. The van der Waals surface area contributed by atoms with Gasteiger partial charge in [0.15, 0.2) is 0 Å². The second-order valence-electron chi connectivity index (χ2n) is 5.76. The van der Waals surface area contributed by atoms with Crippen LogP contribution in [0.5, 0.6) is 0 Å². The van der Waals surface area contributed by atoms with Crippen LogP contribution in [0.15, 0.2) is 30.3 Å². The van der Waals surface area contributed by atoms with Crippen LogP contribution in [-0.4, -0.2) is 6.04 Å². The second kappa shape index (κ2) is 6.83. The summed E-state index contributed by atoms with van der Waals surface area (Å²) < 4.78 is 0. The van der Waals surface area contributed by atoms with Crippen molar-refractivity contribution in [2.24, 2.45) is 0 Å². The molecule has 3 heteroatoms. The average molecular weight is 322 g/mol. The van der Waals surface area contributed by atoms with E-state index in [4.69, 9.17) is 23.2 Å². The lowest BCUT2D eigenvalue weighted by molar-refractivity contribution is 0.589. The Balaban J connectivity index is 2.34. The van der Waals surface area contributed by atoms with Crippen molar-refractivity contribution < 1.29 is 0 Å². The first kappa shape index (κ1) is 16.4. The Kier molecular flexibility index (Phi) is 5.32. The highest BCUT2D eigenvalue weighted by Gasteiger charge is 2.08. The van der Waals surface area contributed by atoms with Gasteiger partial charge in [-0.3, -0.25) is 0 Å². The first-order chi connectivity index (χ1) is 9.88. The molecule has 0 spiro atoms. The summed E-state index contributed by atoms with van der Waals surface area (Å²) in [5, 5.41) is 4.99. The second-order valence-corrected chi connectivity index (χ2v) is 6.57. The Morgan fingerprint density at radius 3 is 2.29 bits per heavy atom. The molecule has 0 saturated heterocycles. The van der Waals surface area contributed by atoms with Crippen LogP contribution >= 0.6 is 23.2 Å². The van der Waals surface area contributed by atoms with Crippen LogP contribution in [0.3, 0.4) is 0 Å². The molecule has 0 amide bonds. The molecule has 0 aliphatic carbocycles. The summed E-state index contributed by atoms with van der Waals surface area (Å²) in [5.74, 6) is 0. The van der Waals surface area contributed by atoms with E-state index in [0.717, 1.165) is 38.8 Å². The van der Waals surface area contributed by atoms with Gasteiger partial charge in [-0.25, -0.2) is 0 Å². The van der Waals surface area contributed by atoms with E-state index in [1.54, 1.807) is 0 Å². The van der Waals surface area contributed by atoms with Crippen molar-refractivity contribution in [3.63, 3.8) is 0 Å². The maximum absolute atomic E-state index is 6.42. The molecule has 1 N–H and O–H groups in total. The van der Waals surface area contributed by atoms with Gasteiger partial charge in [-0.2, -0.15) is 0 Å². The van der Waals surface area contributed by atoms with Crippen LogP contribution in [0.1, 0.15) is 30.5 Å². The molecule has 112 valence electrons. The first-order valence-electron chi connectivity index (χ1n) is 7.17. The van der Waals surface area contributed by atoms with Gasteiger partial charge in [-0.05, 0) is 59.9 Å². The standard InChI is InChI=1S/C18H21Cl2N/c1-11(2)21-10-15-6-5-14(9-18(15)20)16-7-13(4)17(19)8-12(16)3/h5-9,11,21H,10H2,1-4H3. The van der Waals surface area contributed by atoms with Gasteiger partial charge in [0.2, 0.25) is 0 Å². The van der Waals surface area contributed by atoms with Crippen LogP contribution in [0, 0.1) is 13.8 Å². The predicted octanol–water partition coefficient (Wildman–Crippen LogP) is 5.78. The average Bonchev–Trinajstić information content (AvgIpc) is 2.41. The van der Waals surface area contributed by atoms with E-state index in [1.165, 1.54) is 5.56 Å². The molecule has 2 aromatic carbocycles. The molecule has 0 aliphatic heterocycles. The maximum Gasteiger partial charge on any atom is 0.0457 e. The molecular formula is C18H21Cl2N. The molecule has 21 heavy (non-hydrogen) atoms. The Labute approximate surface area is 137 Å². The van der Waals surface area contributed by atoms with E-state index >= 15 is 0 Å². The molecule has 0 aliphatic rings. The van der Waals surface area contributed by atoms with Gasteiger partial charge in [-0.1, -0.05) is 49.2 Å². The molecule has 0 fully saturated rings. The minimum absolute atomic E-state index is 0.446. The highest BCUT2D eigenvalue weighted by atomic mass is 35.5. The number of nitrogens with one attached hydrogen (secondary N) is 1. The number of aryl methyl sites for hydroxylation is 2. The highest BCUT2D eigenvalue weighted by Crippen LogP contribution is 2.31. The normalized spacial score (nSPS) is 11.2. The van der Waals surface area contributed by atoms with Gasteiger partial charge < -0.3 is 5.32 Å². The van der Waals surface area contributed by atoms with E-state index in [9.17, 15) is 0 Å². The van der Waals surface area contributed by atoms with Crippen LogP contribution in [0.25, 0.3) is 11.1 Å². The molecule has 0 unspecified atom stereocenters. The third kappa shape index (κ3) is 4.00. The van der Waals surface area contributed by atoms with Gasteiger partial charge in [0.05, 0.1) is 0 Å². The maximum atomic E-state index is 6.42. The molecule has 0 radical (unpaired) electrons. The van der Waals surface area contributed by atoms with Crippen molar-refractivity contribution in [1.82, 2.24) is 5.32 Å². The molecule has 2 aromatic rings. The van der Waals surface area contributed by atoms with Gasteiger partial charge in [0, 0.05) is 22.6 Å².